The fraction of sp³-hybridized carbons (Fsp3) is 0.190. The minimum Gasteiger partial charge on any atom is -0.378 e. The van der Waals surface area contributed by atoms with Gasteiger partial charge in [0, 0.05) is 13.1 Å². The lowest BCUT2D eigenvalue weighted by molar-refractivity contribution is -0.128. The van der Waals surface area contributed by atoms with Crippen LogP contribution in [0.25, 0.3) is 22.7 Å². The first-order valence-electron chi connectivity index (χ1n) is 8.78. The van der Waals surface area contributed by atoms with Gasteiger partial charge >= 0.3 is 0 Å². The molecule has 6 nitrogen and oxygen atoms in total. The number of ether oxygens (including phenoxy) is 1. The summed E-state index contributed by atoms with van der Waals surface area (Å²) in [5, 5.41) is 8.97. The first-order valence-corrected chi connectivity index (χ1v) is 8.78. The van der Waals surface area contributed by atoms with Gasteiger partial charge in [0.15, 0.2) is 0 Å². The van der Waals surface area contributed by atoms with Gasteiger partial charge in [-0.2, -0.15) is 5.26 Å². The molecule has 1 N–H and O–H groups in total. The number of benzene rings is 2. The number of morpholine rings is 1. The van der Waals surface area contributed by atoms with Crippen molar-refractivity contribution in [1.29, 1.82) is 5.26 Å². The number of nitriles is 1. The van der Waals surface area contributed by atoms with Gasteiger partial charge in [0.1, 0.15) is 5.82 Å². The highest BCUT2D eigenvalue weighted by Gasteiger charge is 2.24. The van der Waals surface area contributed by atoms with Gasteiger partial charge in [0.25, 0.3) is 5.91 Å². The number of carbonyl (C=O) groups excluding carboxylic acids is 1. The number of carbonyl (C=O) groups is 1. The summed E-state index contributed by atoms with van der Waals surface area (Å²) in [5.74, 6) is 0.457. The van der Waals surface area contributed by atoms with Gasteiger partial charge in [0.2, 0.25) is 0 Å². The topological polar surface area (TPSA) is 82.0 Å². The van der Waals surface area contributed by atoms with E-state index in [0.717, 1.165) is 16.6 Å². The number of aromatic nitrogens is 2. The Labute approximate surface area is 156 Å². The van der Waals surface area contributed by atoms with Gasteiger partial charge in [-0.1, -0.05) is 24.3 Å². The fourth-order valence-electron chi connectivity index (χ4n) is 3.07. The smallest absolute Gasteiger partial charge is 0.257 e. The Morgan fingerprint density at radius 1 is 1.15 bits per heavy atom. The van der Waals surface area contributed by atoms with Crippen molar-refractivity contribution in [2.75, 3.05) is 26.3 Å². The summed E-state index contributed by atoms with van der Waals surface area (Å²) >= 11 is 0. The number of fused-ring (bicyclic) bond motifs is 1. The van der Waals surface area contributed by atoms with Crippen molar-refractivity contribution in [3.05, 3.63) is 65.5 Å². The largest absolute Gasteiger partial charge is 0.378 e. The summed E-state index contributed by atoms with van der Waals surface area (Å²) in [6, 6.07) is 16.9. The Hall–Kier alpha value is -3.43. The molecule has 1 aromatic heterocycles. The third-order valence-corrected chi connectivity index (χ3v) is 4.52. The second-order valence-corrected chi connectivity index (χ2v) is 6.30. The van der Waals surface area contributed by atoms with E-state index in [-0.39, 0.29) is 5.91 Å². The quantitative estimate of drug-likeness (QED) is 0.730. The van der Waals surface area contributed by atoms with Crippen molar-refractivity contribution in [2.45, 2.75) is 0 Å². The van der Waals surface area contributed by atoms with Gasteiger partial charge in [-0.3, -0.25) is 4.79 Å². The Morgan fingerprint density at radius 2 is 1.89 bits per heavy atom. The number of amides is 1. The SMILES string of the molecule is N#Cc1ccc(/C=C(/C(=O)N2CCOCC2)c2nc3ccccc3[nH]2)cc1. The second kappa shape index (κ2) is 7.44. The van der Waals surface area contributed by atoms with Gasteiger partial charge in [-0.15, -0.1) is 0 Å². The van der Waals surface area contributed by atoms with Crippen LogP contribution in [-0.2, 0) is 9.53 Å². The van der Waals surface area contributed by atoms with Crippen LogP contribution in [0.2, 0.25) is 0 Å². The summed E-state index contributed by atoms with van der Waals surface area (Å²) in [5.41, 5.74) is 3.61. The van der Waals surface area contributed by atoms with Gasteiger partial charge < -0.3 is 14.6 Å². The number of aromatic amines is 1. The number of hydrogen-bond acceptors (Lipinski definition) is 4. The second-order valence-electron chi connectivity index (χ2n) is 6.30. The maximum atomic E-state index is 13.2. The molecule has 1 saturated heterocycles. The molecule has 1 aliphatic heterocycles. The van der Waals surface area contributed by atoms with Crippen LogP contribution in [-0.4, -0.2) is 47.1 Å². The molecular weight excluding hydrogens is 340 g/mol. The minimum atomic E-state index is -0.0817. The average molecular weight is 358 g/mol. The maximum absolute atomic E-state index is 13.2. The van der Waals surface area contributed by atoms with E-state index in [9.17, 15) is 4.79 Å². The molecule has 6 heteroatoms. The standard InChI is InChI=1S/C21H18N4O2/c22-14-16-7-5-15(6-8-16)13-17(21(26)25-9-11-27-12-10-25)20-23-18-3-1-2-4-19(18)24-20/h1-8,13H,9-12H2,(H,23,24)/b17-13+. The fourth-order valence-corrected chi connectivity index (χ4v) is 3.07. The van der Waals surface area contributed by atoms with E-state index >= 15 is 0 Å². The van der Waals surface area contributed by atoms with Crippen LogP contribution in [0.1, 0.15) is 17.0 Å². The Kier molecular flexibility index (Phi) is 4.69. The molecule has 27 heavy (non-hydrogen) atoms. The highest BCUT2D eigenvalue weighted by Crippen LogP contribution is 2.22. The summed E-state index contributed by atoms with van der Waals surface area (Å²) in [6.45, 7) is 2.19. The lowest BCUT2D eigenvalue weighted by Crippen LogP contribution is -2.41. The predicted molar refractivity (Wildman–Crippen MR) is 103 cm³/mol. The van der Waals surface area contributed by atoms with Crippen LogP contribution >= 0.6 is 0 Å². The molecule has 0 radical (unpaired) electrons. The molecule has 2 heterocycles. The zero-order chi connectivity index (χ0) is 18.6. The van der Waals surface area contributed by atoms with E-state index < -0.39 is 0 Å². The molecule has 0 saturated carbocycles. The lowest BCUT2D eigenvalue weighted by Gasteiger charge is -2.27. The molecule has 134 valence electrons. The highest BCUT2D eigenvalue weighted by molar-refractivity contribution is 6.23. The molecule has 0 unspecified atom stereocenters. The number of nitrogens with one attached hydrogen (secondary N) is 1. The van der Waals surface area contributed by atoms with E-state index in [4.69, 9.17) is 10.00 Å². The van der Waals surface area contributed by atoms with Crippen LogP contribution in [0.5, 0.6) is 0 Å². The predicted octanol–water partition coefficient (Wildman–Crippen LogP) is 2.83. The van der Waals surface area contributed by atoms with Crippen LogP contribution in [0.3, 0.4) is 0 Å². The molecule has 0 bridgehead atoms. The van der Waals surface area contributed by atoms with E-state index in [1.165, 1.54) is 0 Å². The van der Waals surface area contributed by atoms with Crippen LogP contribution in [0.4, 0.5) is 0 Å². The number of imidazole rings is 1. The lowest BCUT2D eigenvalue weighted by atomic mass is 10.1. The van der Waals surface area contributed by atoms with Gasteiger partial charge in [-0.05, 0) is 35.9 Å². The first kappa shape index (κ1) is 17.0. The molecule has 4 rings (SSSR count). The third-order valence-electron chi connectivity index (χ3n) is 4.52. The summed E-state index contributed by atoms with van der Waals surface area (Å²) < 4.78 is 5.36. The van der Waals surface area contributed by atoms with Crippen molar-refractivity contribution in [2.24, 2.45) is 0 Å². The number of hydrogen-bond donors (Lipinski definition) is 1. The maximum Gasteiger partial charge on any atom is 0.257 e. The van der Waals surface area contributed by atoms with Crippen molar-refractivity contribution < 1.29 is 9.53 Å². The van der Waals surface area contributed by atoms with Crippen LogP contribution < -0.4 is 0 Å². The van der Waals surface area contributed by atoms with Crippen molar-refractivity contribution in [3.8, 4) is 6.07 Å². The number of H-pyrrole nitrogens is 1. The monoisotopic (exact) mass is 358 g/mol. The Morgan fingerprint density at radius 3 is 2.59 bits per heavy atom. The normalized spacial score (nSPS) is 14.9. The first-order chi connectivity index (χ1) is 13.2. The van der Waals surface area contributed by atoms with Crippen molar-refractivity contribution in [1.82, 2.24) is 14.9 Å². The summed E-state index contributed by atoms with van der Waals surface area (Å²) in [7, 11) is 0. The van der Waals surface area contributed by atoms with Crippen molar-refractivity contribution >= 4 is 28.6 Å². The number of nitrogens with zero attached hydrogens (tertiary/aromatic N) is 3. The molecule has 2 aromatic carbocycles. The van der Waals surface area contributed by atoms with Crippen LogP contribution in [0.15, 0.2) is 48.5 Å². The van der Waals surface area contributed by atoms with E-state index in [0.29, 0.717) is 43.3 Å². The molecule has 0 atom stereocenters. The van der Waals surface area contributed by atoms with Crippen LogP contribution in [0, 0.1) is 11.3 Å². The molecular formula is C21H18N4O2. The molecule has 1 amide bonds. The molecule has 1 aliphatic rings. The Balaban J connectivity index is 1.77. The van der Waals surface area contributed by atoms with E-state index in [2.05, 4.69) is 16.0 Å². The number of rotatable bonds is 3. The molecule has 0 aliphatic carbocycles. The summed E-state index contributed by atoms with van der Waals surface area (Å²) in [4.78, 5) is 22.8. The van der Waals surface area contributed by atoms with E-state index in [1.54, 1.807) is 17.0 Å². The van der Waals surface area contributed by atoms with E-state index in [1.807, 2.05) is 42.5 Å². The molecule has 0 spiro atoms. The van der Waals surface area contributed by atoms with Gasteiger partial charge in [0.05, 0.1) is 41.5 Å². The third kappa shape index (κ3) is 3.59. The average Bonchev–Trinajstić information content (AvgIpc) is 3.16. The van der Waals surface area contributed by atoms with Gasteiger partial charge in [-0.25, -0.2) is 4.98 Å². The molecule has 3 aromatic rings. The highest BCUT2D eigenvalue weighted by atomic mass is 16.5. The Bertz CT molecular complexity index is 1000. The van der Waals surface area contributed by atoms with Crippen molar-refractivity contribution in [3.63, 3.8) is 0 Å². The molecule has 1 fully saturated rings. The summed E-state index contributed by atoms with van der Waals surface area (Å²) in [6.07, 6.45) is 1.82. The zero-order valence-electron chi connectivity index (χ0n) is 14.7. The minimum absolute atomic E-state index is 0.0817. The number of para-hydroxylation sites is 2. The zero-order valence-corrected chi connectivity index (χ0v) is 14.7.